The van der Waals surface area contributed by atoms with E-state index in [0.29, 0.717) is 17.8 Å². The third kappa shape index (κ3) is 3.48. The Kier molecular flexibility index (Phi) is 4.31. The molecule has 0 spiro atoms. The zero-order valence-corrected chi connectivity index (χ0v) is 12.6. The largest absolute Gasteiger partial charge is 0.381 e. The van der Waals surface area contributed by atoms with Gasteiger partial charge >= 0.3 is 0 Å². The van der Waals surface area contributed by atoms with Gasteiger partial charge in [-0.05, 0) is 36.4 Å². The molecular formula is C13H17ClN6O. The fourth-order valence-corrected chi connectivity index (χ4v) is 2.54. The molecular weight excluding hydrogens is 292 g/mol. The molecule has 0 amide bonds. The number of anilines is 1. The lowest BCUT2D eigenvalue weighted by atomic mass is 10.0. The molecule has 2 aromatic heterocycles. The van der Waals surface area contributed by atoms with Crippen molar-refractivity contribution in [2.45, 2.75) is 12.8 Å². The SMILES string of the molecule is CN(CC1CCOCC1)c1nc(Cl)nc(-n2cccn2)n1. The van der Waals surface area contributed by atoms with Crippen molar-refractivity contribution < 1.29 is 4.74 Å². The monoisotopic (exact) mass is 308 g/mol. The van der Waals surface area contributed by atoms with Crippen LogP contribution in [0.5, 0.6) is 0 Å². The Balaban J connectivity index is 1.77. The lowest BCUT2D eigenvalue weighted by Crippen LogP contribution is -2.31. The average molecular weight is 309 g/mol. The first-order valence-electron chi connectivity index (χ1n) is 6.93. The molecule has 8 heteroatoms. The molecule has 0 aliphatic carbocycles. The molecule has 1 aliphatic heterocycles. The quantitative estimate of drug-likeness (QED) is 0.854. The average Bonchev–Trinajstić information content (AvgIpc) is 3.02. The molecule has 0 atom stereocenters. The van der Waals surface area contributed by atoms with Crippen LogP contribution in [0.3, 0.4) is 0 Å². The van der Waals surface area contributed by atoms with Crippen molar-refractivity contribution in [1.82, 2.24) is 24.7 Å². The molecule has 21 heavy (non-hydrogen) atoms. The molecule has 0 saturated carbocycles. The van der Waals surface area contributed by atoms with Gasteiger partial charge < -0.3 is 9.64 Å². The summed E-state index contributed by atoms with van der Waals surface area (Å²) in [5, 5.41) is 4.28. The van der Waals surface area contributed by atoms with E-state index >= 15 is 0 Å². The zero-order chi connectivity index (χ0) is 14.7. The van der Waals surface area contributed by atoms with Crippen molar-refractivity contribution in [1.29, 1.82) is 0 Å². The highest BCUT2D eigenvalue weighted by Crippen LogP contribution is 2.19. The zero-order valence-electron chi connectivity index (χ0n) is 11.8. The fourth-order valence-electron chi connectivity index (χ4n) is 2.39. The highest BCUT2D eigenvalue weighted by atomic mass is 35.5. The summed E-state index contributed by atoms with van der Waals surface area (Å²) >= 11 is 6.00. The summed E-state index contributed by atoms with van der Waals surface area (Å²) in [7, 11) is 1.97. The van der Waals surface area contributed by atoms with E-state index in [1.807, 2.05) is 18.0 Å². The van der Waals surface area contributed by atoms with Crippen LogP contribution in [0.25, 0.3) is 5.95 Å². The first-order valence-corrected chi connectivity index (χ1v) is 7.30. The second-order valence-corrected chi connectivity index (χ2v) is 5.43. The summed E-state index contributed by atoms with van der Waals surface area (Å²) in [6, 6.07) is 1.81. The van der Waals surface area contributed by atoms with Gasteiger partial charge in [-0.1, -0.05) is 0 Å². The minimum atomic E-state index is 0.171. The molecule has 112 valence electrons. The molecule has 7 nitrogen and oxygen atoms in total. The molecule has 2 aromatic rings. The van der Waals surface area contributed by atoms with Crippen LogP contribution in [0.1, 0.15) is 12.8 Å². The number of ether oxygens (including phenoxy) is 1. The molecule has 3 rings (SSSR count). The van der Waals surface area contributed by atoms with Gasteiger partial charge in [0.05, 0.1) is 0 Å². The van der Waals surface area contributed by atoms with Crippen molar-refractivity contribution in [3.8, 4) is 5.95 Å². The van der Waals surface area contributed by atoms with E-state index in [9.17, 15) is 0 Å². The normalized spacial score (nSPS) is 16.1. The predicted molar refractivity (Wildman–Crippen MR) is 78.8 cm³/mol. The van der Waals surface area contributed by atoms with Gasteiger partial charge in [0.2, 0.25) is 11.2 Å². The van der Waals surface area contributed by atoms with Crippen molar-refractivity contribution in [2.75, 3.05) is 31.7 Å². The predicted octanol–water partition coefficient (Wildman–Crippen LogP) is 1.57. The van der Waals surface area contributed by atoms with E-state index in [0.717, 1.165) is 32.6 Å². The van der Waals surface area contributed by atoms with Crippen LogP contribution >= 0.6 is 11.6 Å². The number of rotatable bonds is 4. The number of aromatic nitrogens is 5. The number of nitrogens with zero attached hydrogens (tertiary/aromatic N) is 6. The Morgan fingerprint density at radius 3 is 2.86 bits per heavy atom. The van der Waals surface area contributed by atoms with Gasteiger partial charge in [-0.3, -0.25) is 0 Å². The molecule has 1 aliphatic rings. The fraction of sp³-hybridized carbons (Fsp3) is 0.538. The van der Waals surface area contributed by atoms with E-state index in [4.69, 9.17) is 16.3 Å². The Morgan fingerprint density at radius 1 is 1.33 bits per heavy atom. The van der Waals surface area contributed by atoms with Crippen molar-refractivity contribution >= 4 is 17.5 Å². The van der Waals surface area contributed by atoms with Crippen LogP contribution in [0.4, 0.5) is 5.95 Å². The number of hydrogen-bond acceptors (Lipinski definition) is 6. The van der Waals surface area contributed by atoms with E-state index < -0.39 is 0 Å². The number of hydrogen-bond donors (Lipinski definition) is 0. The second-order valence-electron chi connectivity index (χ2n) is 5.09. The summed E-state index contributed by atoms with van der Waals surface area (Å²) in [5.41, 5.74) is 0. The third-order valence-corrected chi connectivity index (χ3v) is 3.68. The maximum atomic E-state index is 6.00. The van der Waals surface area contributed by atoms with E-state index in [1.54, 1.807) is 17.1 Å². The standard InChI is InChI=1S/C13H17ClN6O/c1-19(9-10-3-7-21-8-4-10)12-16-11(14)17-13(18-12)20-6-2-5-15-20/h2,5-6,10H,3-4,7-9H2,1H3. The van der Waals surface area contributed by atoms with Gasteiger partial charge in [-0.25, -0.2) is 4.68 Å². The van der Waals surface area contributed by atoms with Crippen LogP contribution in [0, 0.1) is 5.92 Å². The molecule has 1 saturated heterocycles. The smallest absolute Gasteiger partial charge is 0.256 e. The minimum Gasteiger partial charge on any atom is -0.381 e. The lowest BCUT2D eigenvalue weighted by Gasteiger charge is -2.27. The second kappa shape index (κ2) is 6.36. The molecule has 0 radical (unpaired) electrons. The molecule has 0 N–H and O–H groups in total. The highest BCUT2D eigenvalue weighted by molar-refractivity contribution is 6.28. The first-order chi connectivity index (χ1) is 10.2. The Morgan fingerprint density at radius 2 is 2.14 bits per heavy atom. The number of halogens is 1. The van der Waals surface area contributed by atoms with Gasteiger partial charge in [-0.2, -0.15) is 20.1 Å². The van der Waals surface area contributed by atoms with Crippen molar-refractivity contribution in [3.05, 3.63) is 23.7 Å². The molecule has 3 heterocycles. The van der Waals surface area contributed by atoms with E-state index in [-0.39, 0.29) is 5.28 Å². The van der Waals surface area contributed by atoms with Crippen LogP contribution in [0.15, 0.2) is 18.5 Å². The van der Waals surface area contributed by atoms with Crippen LogP contribution < -0.4 is 4.90 Å². The molecule has 0 unspecified atom stereocenters. The van der Waals surface area contributed by atoms with Gasteiger partial charge in [-0.15, -0.1) is 0 Å². The third-order valence-electron chi connectivity index (χ3n) is 3.51. The summed E-state index contributed by atoms with van der Waals surface area (Å²) < 4.78 is 6.95. The Bertz CT molecular complexity index is 584. The maximum Gasteiger partial charge on any atom is 0.256 e. The maximum absolute atomic E-state index is 6.00. The summed E-state index contributed by atoms with van der Waals surface area (Å²) in [6.07, 6.45) is 5.57. The van der Waals surface area contributed by atoms with Crippen LogP contribution in [-0.2, 0) is 4.74 Å². The van der Waals surface area contributed by atoms with Gasteiger partial charge in [0.25, 0.3) is 5.95 Å². The molecule has 0 aromatic carbocycles. The minimum absolute atomic E-state index is 0.171. The lowest BCUT2D eigenvalue weighted by molar-refractivity contribution is 0.0684. The summed E-state index contributed by atoms with van der Waals surface area (Å²) in [5.74, 6) is 1.58. The molecule has 1 fully saturated rings. The van der Waals surface area contributed by atoms with Crippen molar-refractivity contribution in [3.63, 3.8) is 0 Å². The highest BCUT2D eigenvalue weighted by Gasteiger charge is 2.18. The first kappa shape index (κ1) is 14.2. The van der Waals surface area contributed by atoms with Crippen molar-refractivity contribution in [2.24, 2.45) is 5.92 Å². The van der Waals surface area contributed by atoms with Gasteiger partial charge in [0, 0.05) is 39.2 Å². The Labute approximate surface area is 127 Å². The van der Waals surface area contributed by atoms with E-state index in [1.165, 1.54) is 0 Å². The Hall–Kier alpha value is -1.73. The van der Waals surface area contributed by atoms with E-state index in [2.05, 4.69) is 20.1 Å². The van der Waals surface area contributed by atoms with Crippen LogP contribution in [0.2, 0.25) is 5.28 Å². The topological polar surface area (TPSA) is 69.0 Å². The molecule has 0 bridgehead atoms. The van der Waals surface area contributed by atoms with Gasteiger partial charge in [0.15, 0.2) is 0 Å². The summed E-state index contributed by atoms with van der Waals surface area (Å²) in [4.78, 5) is 14.7. The summed E-state index contributed by atoms with van der Waals surface area (Å²) in [6.45, 7) is 2.53. The van der Waals surface area contributed by atoms with Gasteiger partial charge in [0.1, 0.15) is 0 Å². The van der Waals surface area contributed by atoms with Crippen LogP contribution in [-0.4, -0.2) is 51.5 Å².